The van der Waals surface area contributed by atoms with Crippen LogP contribution in [0.1, 0.15) is 0 Å². The third kappa shape index (κ3) is 2.39. The topological polar surface area (TPSA) is 47.3 Å². The lowest BCUT2D eigenvalue weighted by atomic mass is 10.0. The molecule has 1 unspecified atom stereocenters. The van der Waals surface area contributed by atoms with Gasteiger partial charge in [-0.15, -0.1) is 0 Å². The Kier molecular flexibility index (Phi) is 3.32. The average Bonchev–Trinajstić information content (AvgIpc) is 2.47. The zero-order chi connectivity index (χ0) is 13.2. The van der Waals surface area contributed by atoms with Gasteiger partial charge in [-0.1, -0.05) is 41.9 Å². The van der Waals surface area contributed by atoms with Gasteiger partial charge in [-0.25, -0.2) is 0 Å². The summed E-state index contributed by atoms with van der Waals surface area (Å²) < 4.78 is 5.74. The van der Waals surface area contributed by atoms with Crippen molar-refractivity contribution in [1.29, 1.82) is 0 Å². The van der Waals surface area contributed by atoms with E-state index in [-0.39, 0.29) is 6.04 Å². The number of nitrogens with two attached hydrogens (primary N) is 1. The Hall–Kier alpha value is -1.71. The second-order valence-corrected chi connectivity index (χ2v) is 5.02. The summed E-state index contributed by atoms with van der Waals surface area (Å²) in [7, 11) is 0. The van der Waals surface area contributed by atoms with E-state index in [4.69, 9.17) is 22.1 Å². The van der Waals surface area contributed by atoms with Gasteiger partial charge < -0.3 is 15.8 Å². The van der Waals surface area contributed by atoms with Gasteiger partial charge in [-0.05, 0) is 11.6 Å². The van der Waals surface area contributed by atoms with Crippen molar-refractivity contribution < 1.29 is 4.74 Å². The first-order chi connectivity index (χ1) is 9.28. The molecule has 0 fully saturated rings. The van der Waals surface area contributed by atoms with Crippen LogP contribution in [0.4, 0.5) is 5.69 Å². The molecule has 0 radical (unpaired) electrons. The summed E-state index contributed by atoms with van der Waals surface area (Å²) in [4.78, 5) is 0. The molecule has 19 heavy (non-hydrogen) atoms. The van der Waals surface area contributed by atoms with E-state index in [1.165, 1.54) is 0 Å². The second-order valence-electron chi connectivity index (χ2n) is 4.58. The predicted octanol–water partition coefficient (Wildman–Crippen LogP) is 3.14. The molecule has 4 heteroatoms. The van der Waals surface area contributed by atoms with Crippen molar-refractivity contribution >= 4 is 17.3 Å². The van der Waals surface area contributed by atoms with E-state index in [2.05, 4.69) is 17.4 Å². The SMILES string of the molecule is NCC1COc2cc(Cl)cc(-c3ccccc3)c2N1. The Balaban J connectivity index is 2.12. The monoisotopic (exact) mass is 274 g/mol. The third-order valence-corrected chi connectivity index (χ3v) is 3.44. The molecule has 2 aromatic carbocycles. The van der Waals surface area contributed by atoms with Crippen molar-refractivity contribution in [2.45, 2.75) is 6.04 Å². The normalized spacial score (nSPS) is 17.3. The number of fused-ring (bicyclic) bond motifs is 1. The fourth-order valence-electron chi connectivity index (χ4n) is 2.25. The molecule has 3 rings (SSSR count). The van der Waals surface area contributed by atoms with Gasteiger partial charge in [0.2, 0.25) is 0 Å². The molecule has 2 aromatic rings. The fraction of sp³-hybridized carbons (Fsp3) is 0.200. The molecule has 0 saturated heterocycles. The van der Waals surface area contributed by atoms with Crippen LogP contribution < -0.4 is 15.8 Å². The van der Waals surface area contributed by atoms with Crippen LogP contribution in [-0.4, -0.2) is 19.2 Å². The number of hydrogen-bond acceptors (Lipinski definition) is 3. The molecule has 0 spiro atoms. The van der Waals surface area contributed by atoms with Gasteiger partial charge >= 0.3 is 0 Å². The molecular formula is C15H15ClN2O. The smallest absolute Gasteiger partial charge is 0.144 e. The molecule has 1 aliphatic heterocycles. The van der Waals surface area contributed by atoms with Crippen molar-refractivity contribution in [3.63, 3.8) is 0 Å². The second kappa shape index (κ2) is 5.11. The summed E-state index contributed by atoms with van der Waals surface area (Å²) in [6.45, 7) is 1.11. The summed E-state index contributed by atoms with van der Waals surface area (Å²) >= 11 is 6.17. The summed E-state index contributed by atoms with van der Waals surface area (Å²) in [6.07, 6.45) is 0. The van der Waals surface area contributed by atoms with Gasteiger partial charge in [-0.2, -0.15) is 0 Å². The lowest BCUT2D eigenvalue weighted by molar-refractivity contribution is 0.287. The Labute approximate surface area is 117 Å². The minimum Gasteiger partial charge on any atom is -0.489 e. The minimum absolute atomic E-state index is 0.135. The first kappa shape index (κ1) is 12.3. The Morgan fingerprint density at radius 3 is 2.79 bits per heavy atom. The highest BCUT2D eigenvalue weighted by atomic mass is 35.5. The van der Waals surface area contributed by atoms with Crippen LogP contribution in [0, 0.1) is 0 Å². The maximum atomic E-state index is 6.17. The summed E-state index contributed by atoms with van der Waals surface area (Å²) in [5, 5.41) is 4.10. The standard InChI is InChI=1S/C15H15ClN2O/c16-11-6-13(10-4-2-1-3-5-10)15-14(7-11)19-9-12(8-17)18-15/h1-7,12,18H,8-9,17H2. The highest BCUT2D eigenvalue weighted by Gasteiger charge is 2.21. The van der Waals surface area contributed by atoms with Crippen molar-refractivity contribution in [2.24, 2.45) is 5.73 Å². The molecule has 0 aromatic heterocycles. The predicted molar refractivity (Wildman–Crippen MR) is 78.8 cm³/mol. The molecule has 1 heterocycles. The molecule has 1 atom stereocenters. The van der Waals surface area contributed by atoms with E-state index in [0.717, 1.165) is 22.6 Å². The van der Waals surface area contributed by atoms with Crippen LogP contribution >= 0.6 is 11.6 Å². The van der Waals surface area contributed by atoms with Crippen LogP contribution in [0.25, 0.3) is 11.1 Å². The number of anilines is 1. The van der Waals surface area contributed by atoms with Crippen LogP contribution in [0.2, 0.25) is 5.02 Å². The molecular weight excluding hydrogens is 260 g/mol. The van der Waals surface area contributed by atoms with E-state index in [0.29, 0.717) is 18.2 Å². The highest BCUT2D eigenvalue weighted by Crippen LogP contribution is 2.40. The van der Waals surface area contributed by atoms with Crippen LogP contribution in [-0.2, 0) is 0 Å². The Morgan fingerprint density at radius 2 is 2.05 bits per heavy atom. The average molecular weight is 275 g/mol. The first-order valence-corrected chi connectivity index (χ1v) is 6.64. The number of halogens is 1. The van der Waals surface area contributed by atoms with Crippen LogP contribution in [0.15, 0.2) is 42.5 Å². The molecule has 0 amide bonds. The number of nitrogens with one attached hydrogen (secondary N) is 1. The fourth-order valence-corrected chi connectivity index (χ4v) is 2.46. The number of rotatable bonds is 2. The molecule has 0 aliphatic carbocycles. The van der Waals surface area contributed by atoms with E-state index >= 15 is 0 Å². The van der Waals surface area contributed by atoms with E-state index in [1.807, 2.05) is 30.3 Å². The Morgan fingerprint density at radius 1 is 1.26 bits per heavy atom. The molecule has 0 bridgehead atoms. The van der Waals surface area contributed by atoms with E-state index in [1.54, 1.807) is 0 Å². The van der Waals surface area contributed by atoms with E-state index in [9.17, 15) is 0 Å². The molecule has 98 valence electrons. The van der Waals surface area contributed by atoms with Crippen LogP contribution in [0.5, 0.6) is 5.75 Å². The first-order valence-electron chi connectivity index (χ1n) is 6.26. The minimum atomic E-state index is 0.135. The van der Waals surface area contributed by atoms with Crippen molar-refractivity contribution in [2.75, 3.05) is 18.5 Å². The summed E-state index contributed by atoms with van der Waals surface area (Å²) in [6, 6.07) is 14.0. The lowest BCUT2D eigenvalue weighted by Crippen LogP contribution is -2.37. The van der Waals surface area contributed by atoms with Crippen molar-refractivity contribution in [3.05, 3.63) is 47.5 Å². The van der Waals surface area contributed by atoms with Gasteiger partial charge in [0.25, 0.3) is 0 Å². The van der Waals surface area contributed by atoms with Crippen molar-refractivity contribution in [3.8, 4) is 16.9 Å². The van der Waals surface area contributed by atoms with Crippen LogP contribution in [0.3, 0.4) is 0 Å². The maximum Gasteiger partial charge on any atom is 0.144 e. The molecule has 0 saturated carbocycles. The van der Waals surface area contributed by atoms with Gasteiger partial charge in [0.15, 0.2) is 0 Å². The van der Waals surface area contributed by atoms with Gasteiger partial charge in [0.1, 0.15) is 12.4 Å². The quantitative estimate of drug-likeness (QED) is 0.884. The lowest BCUT2D eigenvalue weighted by Gasteiger charge is -2.28. The zero-order valence-corrected chi connectivity index (χ0v) is 11.2. The number of hydrogen-bond donors (Lipinski definition) is 2. The molecule has 1 aliphatic rings. The zero-order valence-electron chi connectivity index (χ0n) is 10.4. The maximum absolute atomic E-state index is 6.17. The van der Waals surface area contributed by atoms with Gasteiger partial charge in [-0.3, -0.25) is 0 Å². The van der Waals surface area contributed by atoms with Crippen molar-refractivity contribution in [1.82, 2.24) is 0 Å². The Bertz CT molecular complexity index is 586. The van der Waals surface area contributed by atoms with E-state index < -0.39 is 0 Å². The molecule has 3 N–H and O–H groups in total. The van der Waals surface area contributed by atoms with Gasteiger partial charge in [0.05, 0.1) is 11.7 Å². The number of benzene rings is 2. The van der Waals surface area contributed by atoms with Gasteiger partial charge in [0, 0.05) is 23.2 Å². The summed E-state index contributed by atoms with van der Waals surface area (Å²) in [5.74, 6) is 0.788. The highest BCUT2D eigenvalue weighted by molar-refractivity contribution is 6.31. The summed E-state index contributed by atoms with van der Waals surface area (Å²) in [5.41, 5.74) is 8.83. The third-order valence-electron chi connectivity index (χ3n) is 3.22. The largest absolute Gasteiger partial charge is 0.489 e. The molecule has 3 nitrogen and oxygen atoms in total. The number of ether oxygens (including phenoxy) is 1.